The molecular formula is C19H26N4O3. The van der Waals surface area contributed by atoms with E-state index >= 15 is 0 Å². The van der Waals surface area contributed by atoms with E-state index in [4.69, 9.17) is 9.47 Å². The highest BCUT2D eigenvalue weighted by Gasteiger charge is 2.31. The van der Waals surface area contributed by atoms with Crippen LogP contribution in [0.15, 0.2) is 18.2 Å². The SMILES string of the molecule is COCc1nc(C2CCCCN2C(=O)COc2cc(C)ccc2C)n[nH]1. The first-order valence-corrected chi connectivity index (χ1v) is 8.98. The summed E-state index contributed by atoms with van der Waals surface area (Å²) in [6, 6.07) is 5.89. The van der Waals surface area contributed by atoms with Crippen LogP contribution in [-0.4, -0.2) is 46.2 Å². The Bertz CT molecular complexity index is 759. The number of benzene rings is 1. The van der Waals surface area contributed by atoms with E-state index in [9.17, 15) is 4.79 Å². The second kappa shape index (κ2) is 8.31. The van der Waals surface area contributed by atoms with E-state index in [1.54, 1.807) is 7.11 Å². The molecule has 0 bridgehead atoms. The van der Waals surface area contributed by atoms with Gasteiger partial charge in [0.2, 0.25) is 0 Å². The smallest absolute Gasteiger partial charge is 0.261 e. The summed E-state index contributed by atoms with van der Waals surface area (Å²) >= 11 is 0. The van der Waals surface area contributed by atoms with Crippen LogP contribution < -0.4 is 4.74 Å². The maximum absolute atomic E-state index is 12.8. The van der Waals surface area contributed by atoms with E-state index in [0.717, 1.165) is 36.1 Å². The molecule has 0 spiro atoms. The summed E-state index contributed by atoms with van der Waals surface area (Å²) in [6.45, 7) is 5.09. The molecule has 7 heteroatoms. The summed E-state index contributed by atoms with van der Waals surface area (Å²) in [7, 11) is 1.61. The first kappa shape index (κ1) is 18.4. The lowest BCUT2D eigenvalue weighted by molar-refractivity contribution is -0.137. The standard InChI is InChI=1S/C19H26N4O3/c1-13-7-8-14(2)16(10-13)26-12-18(24)23-9-5-4-6-15(23)19-20-17(11-25-3)21-22-19/h7-8,10,15H,4-6,9,11-12H2,1-3H3,(H,20,21,22). The molecule has 26 heavy (non-hydrogen) atoms. The summed E-state index contributed by atoms with van der Waals surface area (Å²) in [5.41, 5.74) is 2.14. The molecule has 1 saturated heterocycles. The molecule has 140 valence electrons. The number of hydrogen-bond donors (Lipinski definition) is 1. The van der Waals surface area contributed by atoms with Crippen LogP contribution in [0, 0.1) is 13.8 Å². The number of aromatic nitrogens is 3. The number of aromatic amines is 1. The Hall–Kier alpha value is -2.41. The zero-order valence-electron chi connectivity index (χ0n) is 15.6. The predicted octanol–water partition coefficient (Wildman–Crippen LogP) is 2.70. The minimum absolute atomic E-state index is 0.0240. The molecule has 1 N–H and O–H groups in total. The average molecular weight is 358 g/mol. The van der Waals surface area contributed by atoms with Crippen molar-refractivity contribution in [2.24, 2.45) is 0 Å². The molecule has 1 aromatic carbocycles. The van der Waals surface area contributed by atoms with Crippen LogP contribution in [0.5, 0.6) is 5.75 Å². The first-order valence-electron chi connectivity index (χ1n) is 8.98. The van der Waals surface area contributed by atoms with Gasteiger partial charge in [0.1, 0.15) is 12.4 Å². The highest BCUT2D eigenvalue weighted by Crippen LogP contribution is 2.29. The summed E-state index contributed by atoms with van der Waals surface area (Å²) < 4.78 is 10.9. The fourth-order valence-electron chi connectivity index (χ4n) is 3.24. The third kappa shape index (κ3) is 4.22. The largest absolute Gasteiger partial charge is 0.483 e. The van der Waals surface area contributed by atoms with E-state index in [1.807, 2.05) is 36.9 Å². The molecule has 7 nitrogen and oxygen atoms in total. The van der Waals surface area contributed by atoms with Gasteiger partial charge in [0.05, 0.1) is 6.04 Å². The number of amides is 1. The predicted molar refractivity (Wildman–Crippen MR) is 96.8 cm³/mol. The van der Waals surface area contributed by atoms with Crippen molar-refractivity contribution in [1.82, 2.24) is 20.1 Å². The van der Waals surface area contributed by atoms with Crippen LogP contribution in [0.1, 0.15) is 48.1 Å². The van der Waals surface area contributed by atoms with Crippen LogP contribution >= 0.6 is 0 Å². The number of nitrogens with one attached hydrogen (secondary N) is 1. The van der Waals surface area contributed by atoms with Gasteiger partial charge in [-0.2, -0.15) is 5.10 Å². The van der Waals surface area contributed by atoms with E-state index < -0.39 is 0 Å². The Morgan fingerprint density at radius 3 is 3.00 bits per heavy atom. The van der Waals surface area contributed by atoms with Gasteiger partial charge in [0.15, 0.2) is 18.3 Å². The van der Waals surface area contributed by atoms with Gasteiger partial charge >= 0.3 is 0 Å². The van der Waals surface area contributed by atoms with Gasteiger partial charge in [-0.25, -0.2) is 4.98 Å². The van der Waals surface area contributed by atoms with Crippen LogP contribution in [0.4, 0.5) is 0 Å². The second-order valence-electron chi connectivity index (χ2n) is 6.73. The zero-order valence-corrected chi connectivity index (χ0v) is 15.6. The number of carbonyl (C=O) groups excluding carboxylic acids is 1. The van der Waals surface area contributed by atoms with Crippen molar-refractivity contribution in [2.75, 3.05) is 20.3 Å². The molecule has 1 aliphatic rings. The van der Waals surface area contributed by atoms with Crippen LogP contribution in [0.25, 0.3) is 0 Å². The number of likely N-dealkylation sites (tertiary alicyclic amines) is 1. The van der Waals surface area contributed by atoms with Gasteiger partial charge in [-0.1, -0.05) is 12.1 Å². The van der Waals surface area contributed by atoms with Crippen molar-refractivity contribution in [1.29, 1.82) is 0 Å². The van der Waals surface area contributed by atoms with Gasteiger partial charge in [-0.15, -0.1) is 0 Å². The quantitative estimate of drug-likeness (QED) is 0.859. The summed E-state index contributed by atoms with van der Waals surface area (Å²) in [5, 5.41) is 7.16. The van der Waals surface area contributed by atoms with E-state index in [-0.39, 0.29) is 18.6 Å². The highest BCUT2D eigenvalue weighted by molar-refractivity contribution is 5.78. The number of nitrogens with zero attached hydrogens (tertiary/aromatic N) is 3. The first-order chi connectivity index (χ1) is 12.6. The molecule has 1 amide bonds. The monoisotopic (exact) mass is 358 g/mol. The molecule has 0 radical (unpaired) electrons. The number of ether oxygens (including phenoxy) is 2. The minimum atomic E-state index is -0.111. The lowest BCUT2D eigenvalue weighted by Crippen LogP contribution is -2.41. The molecule has 2 heterocycles. The van der Waals surface area contributed by atoms with E-state index in [2.05, 4.69) is 15.2 Å². The van der Waals surface area contributed by atoms with Crippen molar-refractivity contribution in [2.45, 2.75) is 45.8 Å². The van der Waals surface area contributed by atoms with Gasteiger partial charge in [0.25, 0.3) is 5.91 Å². The topological polar surface area (TPSA) is 80.3 Å². The fourth-order valence-corrected chi connectivity index (χ4v) is 3.24. The third-order valence-corrected chi connectivity index (χ3v) is 4.65. The number of aryl methyl sites for hydroxylation is 2. The van der Waals surface area contributed by atoms with Gasteiger partial charge < -0.3 is 14.4 Å². The van der Waals surface area contributed by atoms with Crippen LogP contribution in [-0.2, 0) is 16.1 Å². The number of carbonyl (C=O) groups is 1. The molecule has 0 saturated carbocycles. The average Bonchev–Trinajstić information content (AvgIpc) is 3.11. The zero-order chi connectivity index (χ0) is 18.5. The number of rotatable bonds is 6. The molecule has 2 aromatic rings. The molecule has 1 aliphatic heterocycles. The van der Waals surface area contributed by atoms with Gasteiger partial charge in [-0.05, 0) is 50.3 Å². The van der Waals surface area contributed by atoms with Gasteiger partial charge in [-0.3, -0.25) is 9.89 Å². The Kier molecular flexibility index (Phi) is 5.88. The number of hydrogen-bond acceptors (Lipinski definition) is 5. The number of methoxy groups -OCH3 is 1. The number of H-pyrrole nitrogens is 1. The van der Waals surface area contributed by atoms with E-state index in [0.29, 0.717) is 24.8 Å². The number of piperidine rings is 1. The van der Waals surface area contributed by atoms with Crippen LogP contribution in [0.2, 0.25) is 0 Å². The summed E-state index contributed by atoms with van der Waals surface area (Å²) in [6.07, 6.45) is 2.90. The summed E-state index contributed by atoms with van der Waals surface area (Å²) in [4.78, 5) is 19.1. The van der Waals surface area contributed by atoms with Crippen molar-refractivity contribution in [3.63, 3.8) is 0 Å². The molecule has 1 fully saturated rings. The van der Waals surface area contributed by atoms with Crippen molar-refractivity contribution in [3.05, 3.63) is 41.0 Å². The minimum Gasteiger partial charge on any atom is -0.483 e. The van der Waals surface area contributed by atoms with Gasteiger partial charge in [0, 0.05) is 13.7 Å². The second-order valence-corrected chi connectivity index (χ2v) is 6.73. The third-order valence-electron chi connectivity index (χ3n) is 4.65. The summed E-state index contributed by atoms with van der Waals surface area (Å²) in [5.74, 6) is 2.05. The molecule has 3 rings (SSSR count). The molecule has 1 atom stereocenters. The van der Waals surface area contributed by atoms with Crippen molar-refractivity contribution < 1.29 is 14.3 Å². The maximum Gasteiger partial charge on any atom is 0.261 e. The van der Waals surface area contributed by atoms with Crippen LogP contribution in [0.3, 0.4) is 0 Å². The van der Waals surface area contributed by atoms with E-state index in [1.165, 1.54) is 0 Å². The fraction of sp³-hybridized carbons (Fsp3) is 0.526. The molecular weight excluding hydrogens is 332 g/mol. The van der Waals surface area contributed by atoms with Crippen molar-refractivity contribution >= 4 is 5.91 Å². The molecule has 1 unspecified atom stereocenters. The lowest BCUT2D eigenvalue weighted by atomic mass is 10.0. The van der Waals surface area contributed by atoms with Crippen molar-refractivity contribution in [3.8, 4) is 5.75 Å². The Morgan fingerprint density at radius 1 is 1.35 bits per heavy atom. The Morgan fingerprint density at radius 2 is 2.19 bits per heavy atom. The molecule has 0 aliphatic carbocycles. The normalized spacial score (nSPS) is 17.3. The Balaban J connectivity index is 1.68. The molecule has 1 aromatic heterocycles. The maximum atomic E-state index is 12.8. The highest BCUT2D eigenvalue weighted by atomic mass is 16.5. The Labute approximate surface area is 153 Å². The lowest BCUT2D eigenvalue weighted by Gasteiger charge is -2.34.